The van der Waals surface area contributed by atoms with E-state index in [1.54, 1.807) is 0 Å². The van der Waals surface area contributed by atoms with E-state index in [4.69, 9.17) is 5.11 Å². The van der Waals surface area contributed by atoms with Crippen LogP contribution in [0.25, 0.3) is 0 Å². The number of allylic oxidation sites excluding steroid dienone is 2. The van der Waals surface area contributed by atoms with E-state index in [2.05, 4.69) is 0 Å². The fourth-order valence-corrected chi connectivity index (χ4v) is 4.00. The molecule has 0 saturated heterocycles. The van der Waals surface area contributed by atoms with Gasteiger partial charge in [-0.25, -0.2) is 0 Å². The molecule has 1 aromatic rings. The number of benzene rings is 1. The maximum atomic E-state index is 13.3. The van der Waals surface area contributed by atoms with Gasteiger partial charge in [0.25, 0.3) is 0 Å². The van der Waals surface area contributed by atoms with E-state index in [-0.39, 0.29) is 36.5 Å². The maximum absolute atomic E-state index is 13.3. The van der Waals surface area contributed by atoms with Crippen LogP contribution in [0.5, 0.6) is 0 Å². The summed E-state index contributed by atoms with van der Waals surface area (Å²) in [5.74, 6) is -2.69. The number of hydrogen-bond acceptors (Lipinski definition) is 3. The zero-order valence-electron chi connectivity index (χ0n) is 17.6. The molecule has 1 saturated carbocycles. The molecule has 4 nitrogen and oxygen atoms in total. The molecule has 33 heavy (non-hydrogen) atoms. The largest absolute Gasteiger partial charge is 0.481 e. The van der Waals surface area contributed by atoms with Gasteiger partial charge in [-0.15, -0.1) is 0 Å². The van der Waals surface area contributed by atoms with Crippen molar-refractivity contribution in [3.63, 3.8) is 0 Å². The summed E-state index contributed by atoms with van der Waals surface area (Å²) < 4.78 is 78.3. The predicted octanol–water partition coefficient (Wildman–Crippen LogP) is 6.48. The third-order valence-corrected chi connectivity index (χ3v) is 5.72. The number of halogens is 6. The van der Waals surface area contributed by atoms with Gasteiger partial charge >= 0.3 is 18.3 Å². The second-order valence-electron chi connectivity index (χ2n) is 8.10. The molecule has 2 unspecified atom stereocenters. The number of alkyl halides is 6. The first-order valence-electron chi connectivity index (χ1n) is 10.6. The molecule has 10 heteroatoms. The number of unbranched alkanes of at least 4 members (excludes halogenated alkanes) is 3. The van der Waals surface area contributed by atoms with Crippen LogP contribution in [0.2, 0.25) is 0 Å². The second-order valence-corrected chi connectivity index (χ2v) is 8.10. The van der Waals surface area contributed by atoms with Crippen LogP contribution < -0.4 is 0 Å². The maximum Gasteiger partial charge on any atom is 0.417 e. The van der Waals surface area contributed by atoms with E-state index in [1.165, 1.54) is 6.08 Å². The zero-order valence-corrected chi connectivity index (χ0v) is 17.6. The first kappa shape index (κ1) is 26.6. The van der Waals surface area contributed by atoms with Crippen LogP contribution in [0.15, 0.2) is 30.4 Å². The van der Waals surface area contributed by atoms with Crippen LogP contribution in [0.3, 0.4) is 0 Å². The Labute approximate surface area is 186 Å². The lowest BCUT2D eigenvalue weighted by molar-refractivity contribution is -0.143. The highest BCUT2D eigenvalue weighted by Gasteiger charge is 2.39. The molecule has 0 aliphatic heterocycles. The normalized spacial score (nSPS) is 19.4. The van der Waals surface area contributed by atoms with Crippen LogP contribution >= 0.6 is 0 Å². The Morgan fingerprint density at radius 2 is 1.67 bits per heavy atom. The minimum absolute atomic E-state index is 0.00635. The highest BCUT2D eigenvalue weighted by molar-refractivity contribution is 6.05. The summed E-state index contributed by atoms with van der Waals surface area (Å²) in [4.78, 5) is 35.1. The lowest BCUT2D eigenvalue weighted by Gasteiger charge is -2.16. The third kappa shape index (κ3) is 7.71. The molecule has 2 rings (SSSR count). The van der Waals surface area contributed by atoms with Gasteiger partial charge in [-0.3, -0.25) is 14.4 Å². The lowest BCUT2D eigenvalue weighted by Crippen LogP contribution is -2.16. The van der Waals surface area contributed by atoms with E-state index in [0.717, 1.165) is 12.5 Å². The standard InChI is InChI=1S/C23H24F6O4/c24-22(25,26)15-9-10-17(18(13-15)23(27,28)29)20(31)12-8-14-7-11-19(30)16(14)5-3-1-2-4-6-21(32)33/h8-10,12-14,16H,1-7,11H2,(H,32,33). The molecule has 0 bridgehead atoms. The van der Waals surface area contributed by atoms with Crippen molar-refractivity contribution >= 4 is 17.5 Å². The topological polar surface area (TPSA) is 71.4 Å². The van der Waals surface area contributed by atoms with E-state index in [0.29, 0.717) is 44.2 Å². The van der Waals surface area contributed by atoms with E-state index < -0.39 is 40.8 Å². The molecule has 1 fully saturated rings. The van der Waals surface area contributed by atoms with Gasteiger partial charge in [-0.1, -0.05) is 25.3 Å². The van der Waals surface area contributed by atoms with Gasteiger partial charge in [0.15, 0.2) is 5.78 Å². The number of aliphatic carboxylic acids is 1. The van der Waals surface area contributed by atoms with Crippen molar-refractivity contribution in [3.05, 3.63) is 47.0 Å². The molecule has 0 heterocycles. The number of carbonyl (C=O) groups is 3. The molecular weight excluding hydrogens is 454 g/mol. The van der Waals surface area contributed by atoms with Gasteiger partial charge in [0.05, 0.1) is 11.1 Å². The molecule has 1 aliphatic carbocycles. The summed E-state index contributed by atoms with van der Waals surface area (Å²) in [5.41, 5.74) is -4.04. The Morgan fingerprint density at radius 3 is 2.27 bits per heavy atom. The quantitative estimate of drug-likeness (QED) is 0.181. The van der Waals surface area contributed by atoms with Crippen molar-refractivity contribution in [1.29, 1.82) is 0 Å². The highest BCUT2D eigenvalue weighted by atomic mass is 19.4. The minimum atomic E-state index is -5.15. The number of rotatable bonds is 10. The third-order valence-electron chi connectivity index (χ3n) is 5.72. The second kappa shape index (κ2) is 11.0. The van der Waals surface area contributed by atoms with Crippen molar-refractivity contribution in [2.75, 3.05) is 0 Å². The van der Waals surface area contributed by atoms with E-state index >= 15 is 0 Å². The first-order valence-corrected chi connectivity index (χ1v) is 10.6. The number of hydrogen-bond donors (Lipinski definition) is 1. The van der Waals surface area contributed by atoms with Crippen LogP contribution in [0.4, 0.5) is 26.3 Å². The van der Waals surface area contributed by atoms with Crippen molar-refractivity contribution in [3.8, 4) is 0 Å². The Balaban J connectivity index is 2.07. The molecule has 0 aromatic heterocycles. The van der Waals surface area contributed by atoms with Crippen molar-refractivity contribution in [2.24, 2.45) is 11.8 Å². The van der Waals surface area contributed by atoms with Crippen molar-refractivity contribution in [1.82, 2.24) is 0 Å². The number of carbonyl (C=O) groups excluding carboxylic acids is 2. The van der Waals surface area contributed by atoms with E-state index in [1.807, 2.05) is 0 Å². The molecule has 1 aromatic carbocycles. The number of Topliss-reactive ketones (excluding diaryl/α,β-unsaturated/α-hetero) is 1. The first-order chi connectivity index (χ1) is 15.3. The van der Waals surface area contributed by atoms with Crippen molar-refractivity contribution in [2.45, 2.75) is 63.7 Å². The average Bonchev–Trinajstić information content (AvgIpc) is 3.06. The summed E-state index contributed by atoms with van der Waals surface area (Å²) in [7, 11) is 0. The molecule has 0 spiro atoms. The molecule has 1 aliphatic rings. The van der Waals surface area contributed by atoms with Gasteiger partial charge < -0.3 is 5.11 Å². The van der Waals surface area contributed by atoms with Crippen molar-refractivity contribution < 1.29 is 45.8 Å². The number of ketones is 2. The summed E-state index contributed by atoms with van der Waals surface area (Å²) >= 11 is 0. The Kier molecular flexibility index (Phi) is 8.85. The van der Waals surface area contributed by atoms with Gasteiger partial charge in [-0.2, -0.15) is 26.3 Å². The summed E-state index contributed by atoms with van der Waals surface area (Å²) in [6.07, 6.45) is -3.93. The molecule has 0 amide bonds. The van der Waals surface area contributed by atoms with Crippen LogP contribution in [0.1, 0.15) is 72.9 Å². The Bertz CT molecular complexity index is 901. The van der Waals surface area contributed by atoms with Crippen LogP contribution in [0, 0.1) is 11.8 Å². The Morgan fingerprint density at radius 1 is 1.00 bits per heavy atom. The number of carboxylic acids is 1. The fourth-order valence-electron chi connectivity index (χ4n) is 4.00. The Hall–Kier alpha value is -2.65. The summed E-state index contributed by atoms with van der Waals surface area (Å²) in [5, 5.41) is 8.62. The lowest BCUT2D eigenvalue weighted by atomic mass is 9.89. The molecule has 1 N–H and O–H groups in total. The predicted molar refractivity (Wildman–Crippen MR) is 106 cm³/mol. The van der Waals surface area contributed by atoms with Crippen LogP contribution in [-0.2, 0) is 21.9 Å². The average molecular weight is 478 g/mol. The fraction of sp³-hybridized carbons (Fsp3) is 0.522. The van der Waals surface area contributed by atoms with Gasteiger partial charge in [0.1, 0.15) is 5.78 Å². The van der Waals surface area contributed by atoms with Crippen LogP contribution in [-0.4, -0.2) is 22.6 Å². The van der Waals surface area contributed by atoms with Gasteiger partial charge in [0.2, 0.25) is 0 Å². The SMILES string of the molecule is O=C(O)CCCCCCC1C(=O)CCC1C=CC(=O)c1ccc(C(F)(F)F)cc1C(F)(F)F. The molecule has 0 radical (unpaired) electrons. The summed E-state index contributed by atoms with van der Waals surface area (Å²) in [6.45, 7) is 0. The smallest absolute Gasteiger partial charge is 0.417 e. The minimum Gasteiger partial charge on any atom is -0.481 e. The monoisotopic (exact) mass is 478 g/mol. The van der Waals surface area contributed by atoms with Gasteiger partial charge in [-0.05, 0) is 49.5 Å². The number of carboxylic acid groups (broad SMARTS) is 1. The summed E-state index contributed by atoms with van der Waals surface area (Å²) in [6, 6.07) is 0.878. The van der Waals surface area contributed by atoms with Gasteiger partial charge in [0, 0.05) is 24.3 Å². The molecule has 2 atom stereocenters. The van der Waals surface area contributed by atoms with E-state index in [9.17, 15) is 40.7 Å². The molecule has 182 valence electrons. The zero-order chi connectivity index (χ0) is 24.8. The highest BCUT2D eigenvalue weighted by Crippen LogP contribution is 2.38. The molecular formula is C23H24F6O4.